The van der Waals surface area contributed by atoms with Crippen LogP contribution >= 0.6 is 0 Å². The van der Waals surface area contributed by atoms with Crippen LogP contribution in [-0.4, -0.2) is 77.4 Å². The number of nitrogens with zero attached hydrogens (tertiary/aromatic N) is 1. The van der Waals surface area contributed by atoms with Crippen LogP contribution in [0.2, 0.25) is 0 Å². The van der Waals surface area contributed by atoms with Crippen molar-refractivity contribution in [3.8, 4) is 0 Å². The van der Waals surface area contributed by atoms with E-state index in [4.69, 9.17) is 5.73 Å². The fraction of sp³-hybridized carbons (Fsp3) is 0.542. The Labute approximate surface area is 204 Å². The third-order valence-corrected chi connectivity index (χ3v) is 5.73. The first kappa shape index (κ1) is 27.8. The molecule has 1 aliphatic heterocycles. The molecule has 0 unspecified atom stereocenters. The van der Waals surface area contributed by atoms with Gasteiger partial charge >= 0.3 is 5.97 Å². The number of carbonyl (C=O) groups is 5. The van der Waals surface area contributed by atoms with Crippen LogP contribution in [0.1, 0.15) is 38.7 Å². The summed E-state index contributed by atoms with van der Waals surface area (Å²) in [5, 5.41) is 17.0. The molecule has 35 heavy (non-hydrogen) atoms. The van der Waals surface area contributed by atoms with E-state index in [2.05, 4.69) is 16.0 Å². The predicted octanol–water partition coefficient (Wildman–Crippen LogP) is -0.605. The molecule has 1 saturated heterocycles. The highest BCUT2D eigenvalue weighted by molar-refractivity contribution is 5.94. The van der Waals surface area contributed by atoms with E-state index in [9.17, 15) is 29.1 Å². The maximum Gasteiger partial charge on any atom is 0.326 e. The molecule has 1 aliphatic rings. The third kappa shape index (κ3) is 8.67. The molecule has 0 aromatic heterocycles. The largest absolute Gasteiger partial charge is 0.480 e. The zero-order chi connectivity index (χ0) is 26.0. The quantitative estimate of drug-likeness (QED) is 0.261. The molecule has 0 spiro atoms. The first-order valence-electron chi connectivity index (χ1n) is 11.8. The van der Waals surface area contributed by atoms with E-state index < -0.39 is 48.4 Å². The molecule has 0 saturated carbocycles. The van der Waals surface area contributed by atoms with Crippen molar-refractivity contribution in [2.75, 3.05) is 19.6 Å². The van der Waals surface area contributed by atoms with E-state index in [1.165, 1.54) is 4.90 Å². The van der Waals surface area contributed by atoms with Crippen molar-refractivity contribution < 1.29 is 29.1 Å². The summed E-state index contributed by atoms with van der Waals surface area (Å²) in [4.78, 5) is 63.0. The molecule has 11 nitrogen and oxygen atoms in total. The van der Waals surface area contributed by atoms with E-state index in [-0.39, 0.29) is 24.8 Å². The van der Waals surface area contributed by atoms with Crippen molar-refractivity contribution in [3.05, 3.63) is 35.9 Å². The maximum absolute atomic E-state index is 12.8. The number of aliphatic carboxylic acids is 1. The van der Waals surface area contributed by atoms with E-state index in [0.717, 1.165) is 5.56 Å². The van der Waals surface area contributed by atoms with Crippen molar-refractivity contribution in [3.63, 3.8) is 0 Å². The summed E-state index contributed by atoms with van der Waals surface area (Å²) < 4.78 is 0. The van der Waals surface area contributed by atoms with Crippen LogP contribution in [0.4, 0.5) is 0 Å². The maximum atomic E-state index is 12.8. The van der Waals surface area contributed by atoms with Crippen LogP contribution in [-0.2, 0) is 30.4 Å². The lowest BCUT2D eigenvalue weighted by Gasteiger charge is -2.26. The second kappa shape index (κ2) is 13.4. The van der Waals surface area contributed by atoms with E-state index in [1.54, 1.807) is 30.3 Å². The van der Waals surface area contributed by atoms with Gasteiger partial charge in [0.1, 0.15) is 18.1 Å². The van der Waals surface area contributed by atoms with Gasteiger partial charge in [-0.2, -0.15) is 0 Å². The van der Waals surface area contributed by atoms with Crippen molar-refractivity contribution in [1.29, 1.82) is 0 Å². The number of benzene rings is 1. The number of hydrogen-bond donors (Lipinski definition) is 5. The molecular weight excluding hydrogens is 454 g/mol. The van der Waals surface area contributed by atoms with Gasteiger partial charge in [0.15, 0.2) is 0 Å². The Bertz CT molecular complexity index is 907. The molecule has 6 N–H and O–H groups in total. The zero-order valence-electron chi connectivity index (χ0n) is 20.2. The molecule has 4 amide bonds. The van der Waals surface area contributed by atoms with E-state index in [0.29, 0.717) is 25.8 Å². The highest BCUT2D eigenvalue weighted by Crippen LogP contribution is 2.18. The topological polar surface area (TPSA) is 171 Å². The van der Waals surface area contributed by atoms with Gasteiger partial charge in [0.2, 0.25) is 23.6 Å². The summed E-state index contributed by atoms with van der Waals surface area (Å²) >= 11 is 0. The van der Waals surface area contributed by atoms with Gasteiger partial charge in [0.05, 0.1) is 13.1 Å². The molecule has 11 heteroatoms. The fourth-order valence-corrected chi connectivity index (χ4v) is 4.01. The Balaban J connectivity index is 1.94. The van der Waals surface area contributed by atoms with Crippen LogP contribution in [0, 0.1) is 5.92 Å². The minimum Gasteiger partial charge on any atom is -0.480 e. The second-order valence-corrected chi connectivity index (χ2v) is 9.01. The molecule has 1 aromatic carbocycles. The Hall–Kier alpha value is -3.47. The SMILES string of the molecule is CC(C)C[C@H](NC(=O)[C@@H]1CCCN1C(=O)CN)C(=O)NCC(=O)N[C@@H](Cc1ccccc1)C(=O)O. The second-order valence-electron chi connectivity index (χ2n) is 9.01. The number of carboxylic acid groups (broad SMARTS) is 1. The fourth-order valence-electron chi connectivity index (χ4n) is 4.01. The summed E-state index contributed by atoms with van der Waals surface area (Å²) in [7, 11) is 0. The molecule has 1 heterocycles. The molecular formula is C24H35N5O6. The van der Waals surface area contributed by atoms with Gasteiger partial charge in [-0.25, -0.2) is 4.79 Å². The van der Waals surface area contributed by atoms with E-state index in [1.807, 2.05) is 13.8 Å². The normalized spacial score (nSPS) is 16.9. The Morgan fingerprint density at radius 1 is 1.09 bits per heavy atom. The monoisotopic (exact) mass is 489 g/mol. The van der Waals surface area contributed by atoms with Crippen molar-refractivity contribution >= 4 is 29.6 Å². The molecule has 1 fully saturated rings. The summed E-state index contributed by atoms with van der Waals surface area (Å²) in [6.07, 6.45) is 1.57. The average Bonchev–Trinajstić information content (AvgIpc) is 3.31. The smallest absolute Gasteiger partial charge is 0.326 e. The lowest BCUT2D eigenvalue weighted by molar-refractivity contribution is -0.141. The number of nitrogens with two attached hydrogens (primary N) is 1. The van der Waals surface area contributed by atoms with Crippen LogP contribution in [0.15, 0.2) is 30.3 Å². The molecule has 1 aromatic rings. The van der Waals surface area contributed by atoms with Crippen LogP contribution < -0.4 is 21.7 Å². The molecule has 0 bridgehead atoms. The highest BCUT2D eigenvalue weighted by Gasteiger charge is 2.35. The first-order valence-corrected chi connectivity index (χ1v) is 11.8. The summed E-state index contributed by atoms with van der Waals surface area (Å²) in [6, 6.07) is 6.12. The number of nitrogens with one attached hydrogen (secondary N) is 3. The Morgan fingerprint density at radius 2 is 1.77 bits per heavy atom. The summed E-state index contributed by atoms with van der Waals surface area (Å²) in [5.74, 6) is -3.12. The highest BCUT2D eigenvalue weighted by atomic mass is 16.4. The van der Waals surface area contributed by atoms with Gasteiger partial charge in [-0.05, 0) is 30.7 Å². The Morgan fingerprint density at radius 3 is 2.37 bits per heavy atom. The standard InChI is InChI=1S/C24H35N5O6/c1-15(2)11-17(28-23(33)19-9-6-10-29(19)21(31)13-25)22(32)26-14-20(30)27-18(24(34)35)12-16-7-4-3-5-8-16/h3-5,7-8,15,17-19H,6,9-14,25H2,1-2H3,(H,26,32)(H,27,30)(H,28,33)(H,34,35)/t17-,18-,19-/m0/s1. The van der Waals surface area contributed by atoms with Gasteiger partial charge in [0.25, 0.3) is 0 Å². The molecule has 192 valence electrons. The third-order valence-electron chi connectivity index (χ3n) is 5.73. The molecule has 0 radical (unpaired) electrons. The minimum atomic E-state index is -1.19. The summed E-state index contributed by atoms with van der Waals surface area (Å²) in [6.45, 7) is 3.57. The van der Waals surface area contributed by atoms with E-state index >= 15 is 0 Å². The molecule has 3 atom stereocenters. The van der Waals surface area contributed by atoms with Gasteiger partial charge < -0.3 is 31.7 Å². The number of amides is 4. The minimum absolute atomic E-state index is 0.0625. The van der Waals surface area contributed by atoms with Crippen LogP contribution in [0.25, 0.3) is 0 Å². The number of hydrogen-bond acceptors (Lipinski definition) is 6. The van der Waals surface area contributed by atoms with Gasteiger partial charge in [0, 0.05) is 13.0 Å². The van der Waals surface area contributed by atoms with Gasteiger partial charge in [-0.1, -0.05) is 44.2 Å². The summed E-state index contributed by atoms with van der Waals surface area (Å²) in [5.41, 5.74) is 6.18. The number of rotatable bonds is 12. The number of carboxylic acids is 1. The first-order chi connectivity index (χ1) is 16.6. The number of carbonyl (C=O) groups excluding carboxylic acids is 4. The van der Waals surface area contributed by atoms with Gasteiger partial charge in [-0.15, -0.1) is 0 Å². The number of likely N-dealkylation sites (tertiary alicyclic amines) is 1. The predicted molar refractivity (Wildman–Crippen MR) is 128 cm³/mol. The zero-order valence-corrected chi connectivity index (χ0v) is 20.2. The average molecular weight is 490 g/mol. The van der Waals surface area contributed by atoms with Crippen molar-refractivity contribution in [1.82, 2.24) is 20.9 Å². The van der Waals surface area contributed by atoms with Crippen molar-refractivity contribution in [2.45, 2.75) is 57.7 Å². The van der Waals surface area contributed by atoms with Gasteiger partial charge in [-0.3, -0.25) is 19.2 Å². The molecule has 2 rings (SSSR count). The van der Waals surface area contributed by atoms with Crippen LogP contribution in [0.5, 0.6) is 0 Å². The lowest BCUT2D eigenvalue weighted by Crippen LogP contribution is -2.55. The lowest BCUT2D eigenvalue weighted by atomic mass is 10.0. The molecule has 0 aliphatic carbocycles. The Kier molecular flexibility index (Phi) is 10.7. The van der Waals surface area contributed by atoms with Crippen molar-refractivity contribution in [2.24, 2.45) is 11.7 Å². The van der Waals surface area contributed by atoms with Crippen LogP contribution in [0.3, 0.4) is 0 Å².